The first kappa shape index (κ1) is 22.8. The zero-order valence-electron chi connectivity index (χ0n) is 17.1. The van der Waals surface area contributed by atoms with E-state index >= 15 is 0 Å². The summed E-state index contributed by atoms with van der Waals surface area (Å²) >= 11 is 6.31. The van der Waals surface area contributed by atoms with Gasteiger partial charge in [-0.05, 0) is 36.6 Å². The Hall–Kier alpha value is -2.53. The van der Waals surface area contributed by atoms with Crippen LogP contribution in [0.5, 0.6) is 5.75 Å². The second kappa shape index (κ2) is 12.1. The quantitative estimate of drug-likeness (QED) is 0.551. The molecule has 2 rings (SSSR count). The fraction of sp³-hybridized carbons (Fsp3) is 0.391. The highest BCUT2D eigenvalue weighted by atomic mass is 35.5. The van der Waals surface area contributed by atoms with Crippen molar-refractivity contribution in [3.05, 3.63) is 65.2 Å². The topological polar surface area (TPSA) is 58.6 Å². The van der Waals surface area contributed by atoms with E-state index in [4.69, 9.17) is 16.3 Å². The minimum absolute atomic E-state index is 0.146. The first-order chi connectivity index (χ1) is 14.1. The van der Waals surface area contributed by atoms with E-state index in [-0.39, 0.29) is 25.0 Å². The summed E-state index contributed by atoms with van der Waals surface area (Å²) in [5.74, 6) is 0.200. The molecule has 1 atom stereocenters. The molecule has 0 saturated heterocycles. The lowest BCUT2D eigenvalue weighted by atomic mass is 10.1. The number of ether oxygens (including phenoxy) is 1. The SMILES string of the molecule is CCCCNC(=O)[C@@H](CC)N(Cc1ccccc1Cl)C(=O)COc1ccccc1. The van der Waals surface area contributed by atoms with E-state index in [1.54, 1.807) is 23.1 Å². The highest BCUT2D eigenvalue weighted by molar-refractivity contribution is 6.31. The van der Waals surface area contributed by atoms with Crippen molar-refractivity contribution in [1.82, 2.24) is 10.2 Å². The molecular formula is C23H29ClN2O3. The van der Waals surface area contributed by atoms with Crippen molar-refractivity contribution in [2.45, 2.75) is 45.7 Å². The summed E-state index contributed by atoms with van der Waals surface area (Å²) in [6.45, 7) is 4.66. The maximum absolute atomic E-state index is 13.0. The van der Waals surface area contributed by atoms with E-state index in [1.807, 2.05) is 43.3 Å². The molecule has 2 aromatic rings. The number of hydrogen-bond acceptors (Lipinski definition) is 3. The molecule has 0 radical (unpaired) electrons. The van der Waals surface area contributed by atoms with E-state index in [0.29, 0.717) is 23.7 Å². The molecule has 1 N–H and O–H groups in total. The van der Waals surface area contributed by atoms with Gasteiger partial charge in [0, 0.05) is 18.1 Å². The molecule has 0 aromatic heterocycles. The van der Waals surface area contributed by atoms with Gasteiger partial charge in [-0.1, -0.05) is 68.3 Å². The number of carbonyl (C=O) groups excluding carboxylic acids is 2. The Morgan fingerprint density at radius 1 is 1.07 bits per heavy atom. The zero-order valence-corrected chi connectivity index (χ0v) is 17.8. The average molecular weight is 417 g/mol. The third kappa shape index (κ3) is 7.09. The Bertz CT molecular complexity index is 783. The minimum Gasteiger partial charge on any atom is -0.484 e. The van der Waals surface area contributed by atoms with Crippen LogP contribution in [0.15, 0.2) is 54.6 Å². The number of para-hydroxylation sites is 1. The van der Waals surface area contributed by atoms with Gasteiger partial charge in [0.25, 0.3) is 5.91 Å². The van der Waals surface area contributed by atoms with Crippen LogP contribution in [0, 0.1) is 0 Å². The number of unbranched alkanes of at least 4 members (excludes halogenated alkanes) is 1. The average Bonchev–Trinajstić information content (AvgIpc) is 2.74. The molecule has 0 saturated carbocycles. The number of halogens is 1. The van der Waals surface area contributed by atoms with Gasteiger partial charge in [-0.3, -0.25) is 9.59 Å². The summed E-state index contributed by atoms with van der Waals surface area (Å²) in [6, 6.07) is 15.9. The highest BCUT2D eigenvalue weighted by Gasteiger charge is 2.29. The maximum Gasteiger partial charge on any atom is 0.261 e. The number of benzene rings is 2. The molecule has 0 heterocycles. The van der Waals surface area contributed by atoms with Gasteiger partial charge < -0.3 is 15.0 Å². The van der Waals surface area contributed by atoms with Crippen molar-refractivity contribution in [1.29, 1.82) is 0 Å². The van der Waals surface area contributed by atoms with Gasteiger partial charge in [0.1, 0.15) is 11.8 Å². The minimum atomic E-state index is -0.588. The first-order valence-electron chi connectivity index (χ1n) is 10.0. The standard InChI is InChI=1S/C23H29ClN2O3/c1-3-5-15-25-23(28)21(4-2)26(16-18-11-9-10-14-20(18)24)22(27)17-29-19-12-7-6-8-13-19/h6-14,21H,3-5,15-17H2,1-2H3,(H,25,28)/t21-/m1/s1. The number of carbonyl (C=O) groups is 2. The number of nitrogens with zero attached hydrogens (tertiary/aromatic N) is 1. The fourth-order valence-corrected chi connectivity index (χ4v) is 3.18. The van der Waals surface area contributed by atoms with Crippen LogP contribution < -0.4 is 10.1 Å². The summed E-state index contributed by atoms with van der Waals surface area (Å²) in [5.41, 5.74) is 0.794. The molecular weight excluding hydrogens is 388 g/mol. The molecule has 0 aliphatic carbocycles. The predicted molar refractivity (Wildman–Crippen MR) is 116 cm³/mol. The molecule has 156 valence electrons. The highest BCUT2D eigenvalue weighted by Crippen LogP contribution is 2.20. The lowest BCUT2D eigenvalue weighted by molar-refractivity contribution is -0.143. The number of rotatable bonds is 11. The van der Waals surface area contributed by atoms with Crippen molar-refractivity contribution >= 4 is 23.4 Å². The van der Waals surface area contributed by atoms with Crippen LogP contribution in [0.2, 0.25) is 5.02 Å². The molecule has 0 bridgehead atoms. The van der Waals surface area contributed by atoms with Crippen molar-refractivity contribution < 1.29 is 14.3 Å². The van der Waals surface area contributed by atoms with Gasteiger partial charge in [0.05, 0.1) is 0 Å². The summed E-state index contributed by atoms with van der Waals surface area (Å²) < 4.78 is 5.63. The lowest BCUT2D eigenvalue weighted by Gasteiger charge is -2.30. The Balaban J connectivity index is 2.17. The number of hydrogen-bond donors (Lipinski definition) is 1. The van der Waals surface area contributed by atoms with Gasteiger partial charge >= 0.3 is 0 Å². The van der Waals surface area contributed by atoms with E-state index < -0.39 is 6.04 Å². The van der Waals surface area contributed by atoms with Crippen LogP contribution in [0.25, 0.3) is 0 Å². The van der Waals surface area contributed by atoms with Crippen LogP contribution >= 0.6 is 11.6 Å². The van der Waals surface area contributed by atoms with E-state index in [2.05, 4.69) is 12.2 Å². The van der Waals surface area contributed by atoms with Crippen molar-refractivity contribution in [3.63, 3.8) is 0 Å². The molecule has 6 heteroatoms. The first-order valence-corrected chi connectivity index (χ1v) is 10.4. The van der Waals surface area contributed by atoms with Crippen LogP contribution in [0.1, 0.15) is 38.7 Å². The second-order valence-electron chi connectivity index (χ2n) is 6.78. The molecule has 0 aliphatic heterocycles. The van der Waals surface area contributed by atoms with Crippen molar-refractivity contribution in [2.24, 2.45) is 0 Å². The smallest absolute Gasteiger partial charge is 0.261 e. The van der Waals surface area contributed by atoms with Gasteiger partial charge in [-0.2, -0.15) is 0 Å². The maximum atomic E-state index is 13.0. The Morgan fingerprint density at radius 3 is 2.41 bits per heavy atom. The summed E-state index contributed by atoms with van der Waals surface area (Å²) in [4.78, 5) is 27.4. The molecule has 0 aliphatic rings. The molecule has 2 amide bonds. The molecule has 2 aromatic carbocycles. The normalized spacial score (nSPS) is 11.6. The Kier molecular flexibility index (Phi) is 9.51. The third-order valence-corrected chi connectivity index (χ3v) is 4.99. The Morgan fingerprint density at radius 2 is 1.76 bits per heavy atom. The van der Waals surface area contributed by atoms with Crippen molar-refractivity contribution in [2.75, 3.05) is 13.2 Å². The van der Waals surface area contributed by atoms with Gasteiger partial charge in [-0.25, -0.2) is 0 Å². The fourth-order valence-electron chi connectivity index (χ4n) is 2.98. The predicted octanol–water partition coefficient (Wildman–Crippen LogP) is 4.44. The van der Waals surface area contributed by atoms with Gasteiger partial charge in [0.15, 0.2) is 6.61 Å². The van der Waals surface area contributed by atoms with Crippen LogP contribution in [-0.4, -0.2) is 35.9 Å². The van der Waals surface area contributed by atoms with E-state index in [1.165, 1.54) is 0 Å². The lowest BCUT2D eigenvalue weighted by Crippen LogP contribution is -2.50. The van der Waals surface area contributed by atoms with E-state index in [9.17, 15) is 9.59 Å². The van der Waals surface area contributed by atoms with Crippen LogP contribution in [0.3, 0.4) is 0 Å². The molecule has 0 fully saturated rings. The number of nitrogens with one attached hydrogen (secondary N) is 1. The van der Waals surface area contributed by atoms with Crippen molar-refractivity contribution in [3.8, 4) is 5.75 Å². The molecule has 0 unspecified atom stereocenters. The van der Waals surface area contributed by atoms with Gasteiger partial charge in [0.2, 0.25) is 5.91 Å². The molecule has 5 nitrogen and oxygen atoms in total. The summed E-state index contributed by atoms with van der Waals surface area (Å²) in [7, 11) is 0. The zero-order chi connectivity index (χ0) is 21.1. The largest absolute Gasteiger partial charge is 0.484 e. The molecule has 29 heavy (non-hydrogen) atoms. The summed E-state index contributed by atoms with van der Waals surface area (Å²) in [5, 5.41) is 3.50. The number of amides is 2. The molecule has 0 spiro atoms. The monoisotopic (exact) mass is 416 g/mol. The Labute approximate surface area is 178 Å². The van der Waals surface area contributed by atoms with Crippen LogP contribution in [0.4, 0.5) is 0 Å². The third-order valence-electron chi connectivity index (χ3n) is 4.62. The van der Waals surface area contributed by atoms with E-state index in [0.717, 1.165) is 18.4 Å². The van der Waals surface area contributed by atoms with Gasteiger partial charge in [-0.15, -0.1) is 0 Å². The second-order valence-corrected chi connectivity index (χ2v) is 7.19. The van der Waals surface area contributed by atoms with Crippen LogP contribution in [-0.2, 0) is 16.1 Å². The summed E-state index contributed by atoms with van der Waals surface area (Å²) in [6.07, 6.45) is 2.39.